The maximum Gasteiger partial charge on any atom is 0.338 e. The number of allylic oxidation sites excluding steroid dienone is 1. The fourth-order valence-electron chi connectivity index (χ4n) is 3.92. The van der Waals surface area contributed by atoms with E-state index in [0.29, 0.717) is 17.9 Å². The first kappa shape index (κ1) is 27.0. The van der Waals surface area contributed by atoms with E-state index in [1.54, 1.807) is 31.2 Å². The molecule has 0 spiro atoms. The number of likely N-dealkylation sites (N-methyl/N-ethyl adjacent to an activating group) is 1. The number of urea groups is 1. The van der Waals surface area contributed by atoms with Gasteiger partial charge in [-0.2, -0.15) is 0 Å². The van der Waals surface area contributed by atoms with E-state index in [4.69, 9.17) is 10.5 Å². The molecule has 34 heavy (non-hydrogen) atoms. The zero-order valence-corrected chi connectivity index (χ0v) is 20.6. The predicted octanol–water partition coefficient (Wildman–Crippen LogP) is 2.97. The van der Waals surface area contributed by atoms with E-state index in [9.17, 15) is 19.2 Å². The van der Waals surface area contributed by atoms with Crippen molar-refractivity contribution in [1.29, 1.82) is 0 Å². The Balaban J connectivity index is 0.000000240. The molecule has 1 fully saturated rings. The topological polar surface area (TPSA) is 122 Å². The zero-order valence-electron chi connectivity index (χ0n) is 20.6. The van der Waals surface area contributed by atoms with E-state index >= 15 is 0 Å². The molecule has 0 aromatic heterocycles. The number of carbonyl (C=O) groups is 4. The fraction of sp³-hybridized carbons (Fsp3) is 0.520. The Labute approximate surface area is 201 Å². The Morgan fingerprint density at radius 1 is 1.15 bits per heavy atom. The van der Waals surface area contributed by atoms with Crippen molar-refractivity contribution in [3.05, 3.63) is 41.5 Å². The summed E-state index contributed by atoms with van der Waals surface area (Å²) >= 11 is 0. The molecule has 2 aliphatic rings. The van der Waals surface area contributed by atoms with Gasteiger partial charge in [0.1, 0.15) is 12.0 Å². The number of benzene rings is 1. The summed E-state index contributed by atoms with van der Waals surface area (Å²) < 4.78 is 5.18. The third-order valence-electron chi connectivity index (χ3n) is 6.33. The third kappa shape index (κ3) is 6.44. The van der Waals surface area contributed by atoms with Crippen molar-refractivity contribution < 1.29 is 23.9 Å². The lowest BCUT2D eigenvalue weighted by Gasteiger charge is -2.37. The molecular formula is C25H36N4O5. The number of anilines is 1. The van der Waals surface area contributed by atoms with Gasteiger partial charge in [-0.25, -0.2) is 9.59 Å². The van der Waals surface area contributed by atoms with E-state index in [-0.39, 0.29) is 5.97 Å². The number of rotatable bonds is 7. The summed E-state index contributed by atoms with van der Waals surface area (Å²) in [6, 6.07) is 6.10. The number of ether oxygens (including phenoxy) is 1. The minimum atomic E-state index is -1.21. The van der Waals surface area contributed by atoms with Crippen LogP contribution in [0.1, 0.15) is 56.8 Å². The average molecular weight is 473 g/mol. The van der Waals surface area contributed by atoms with E-state index in [1.165, 1.54) is 7.05 Å². The number of barbiturate groups is 1. The van der Waals surface area contributed by atoms with Crippen LogP contribution in [0.15, 0.2) is 35.9 Å². The largest absolute Gasteiger partial charge is 0.461 e. The molecule has 4 amide bonds. The SMILES string of the molecule is CCN(CC)CCOC(=O)c1ccc(N)cc1.CN1C(=O)NC(=O)C(C)(C2=CCCCC2)C1=O. The number of hydrogen-bond acceptors (Lipinski definition) is 7. The minimum absolute atomic E-state index is 0.294. The molecule has 1 aromatic carbocycles. The molecule has 1 unspecified atom stereocenters. The molecule has 3 N–H and O–H groups in total. The Bertz CT molecular complexity index is 924. The molecule has 0 saturated carbocycles. The van der Waals surface area contributed by atoms with Crippen molar-refractivity contribution in [1.82, 2.24) is 15.1 Å². The molecule has 3 rings (SSSR count). The van der Waals surface area contributed by atoms with Gasteiger partial charge in [0.15, 0.2) is 0 Å². The van der Waals surface area contributed by atoms with Crippen LogP contribution in [0.25, 0.3) is 0 Å². The summed E-state index contributed by atoms with van der Waals surface area (Å²) in [5.41, 5.74) is 6.36. The van der Waals surface area contributed by atoms with Crippen molar-refractivity contribution in [3.63, 3.8) is 0 Å². The van der Waals surface area contributed by atoms with Gasteiger partial charge in [-0.05, 0) is 75.5 Å². The van der Waals surface area contributed by atoms with Gasteiger partial charge in [0, 0.05) is 19.3 Å². The Morgan fingerprint density at radius 3 is 2.35 bits per heavy atom. The second kappa shape index (κ2) is 12.3. The summed E-state index contributed by atoms with van der Waals surface area (Å²) in [5.74, 6) is -1.23. The van der Waals surface area contributed by atoms with Crippen molar-refractivity contribution in [3.8, 4) is 0 Å². The molecule has 1 saturated heterocycles. The highest BCUT2D eigenvalue weighted by Crippen LogP contribution is 2.37. The zero-order chi connectivity index (χ0) is 25.3. The van der Waals surface area contributed by atoms with Crippen LogP contribution >= 0.6 is 0 Å². The molecular weight excluding hydrogens is 436 g/mol. The van der Waals surface area contributed by atoms with Crippen LogP contribution in [0.4, 0.5) is 10.5 Å². The number of nitrogens with one attached hydrogen (secondary N) is 1. The van der Waals surface area contributed by atoms with Crippen molar-refractivity contribution in [2.45, 2.75) is 46.5 Å². The molecule has 1 aliphatic heterocycles. The molecule has 0 radical (unpaired) electrons. The van der Waals surface area contributed by atoms with Crippen LogP contribution in [-0.2, 0) is 14.3 Å². The highest BCUT2D eigenvalue weighted by Gasteiger charge is 2.51. The molecule has 1 atom stereocenters. The Morgan fingerprint density at radius 2 is 1.79 bits per heavy atom. The monoisotopic (exact) mass is 472 g/mol. The average Bonchev–Trinajstić information content (AvgIpc) is 2.85. The maximum atomic E-state index is 12.2. The lowest BCUT2D eigenvalue weighted by Crippen LogP contribution is -2.62. The summed E-state index contributed by atoms with van der Waals surface area (Å²) in [6.07, 6.45) is 5.68. The highest BCUT2D eigenvalue weighted by atomic mass is 16.5. The molecule has 9 nitrogen and oxygen atoms in total. The summed E-state index contributed by atoms with van der Waals surface area (Å²) in [5, 5.41) is 2.23. The van der Waals surface area contributed by atoms with Crippen LogP contribution in [0.3, 0.4) is 0 Å². The first-order valence-corrected chi connectivity index (χ1v) is 11.7. The number of esters is 1. The first-order valence-electron chi connectivity index (χ1n) is 11.7. The van der Waals surface area contributed by atoms with Crippen LogP contribution in [0.5, 0.6) is 0 Å². The van der Waals surface area contributed by atoms with Crippen LogP contribution < -0.4 is 11.1 Å². The highest BCUT2D eigenvalue weighted by molar-refractivity contribution is 6.20. The lowest BCUT2D eigenvalue weighted by molar-refractivity contribution is -0.146. The molecule has 0 bridgehead atoms. The Kier molecular flexibility index (Phi) is 9.80. The van der Waals surface area contributed by atoms with Gasteiger partial charge in [-0.1, -0.05) is 19.9 Å². The number of nitrogen functional groups attached to an aromatic ring is 1. The number of carbonyl (C=O) groups excluding carboxylic acids is 4. The summed E-state index contributed by atoms with van der Waals surface area (Å²) in [6.45, 7) is 8.91. The first-order chi connectivity index (χ1) is 16.1. The molecule has 1 heterocycles. The summed E-state index contributed by atoms with van der Waals surface area (Å²) in [4.78, 5) is 50.3. The summed E-state index contributed by atoms with van der Waals surface area (Å²) in [7, 11) is 1.39. The minimum Gasteiger partial charge on any atom is -0.461 e. The van der Waals surface area contributed by atoms with Crippen molar-refractivity contribution >= 4 is 29.5 Å². The standard InChI is InChI=1S/C13H20N2O2.C12H16N2O3/c1-3-15(4-2)9-10-17-13(16)11-5-7-12(14)8-6-11;1-12(8-6-4-3-5-7-8)9(15)13-11(17)14(2)10(12)16/h5-8H,3-4,9-10,14H2,1-2H3;6H,3-5,7H2,1-2H3,(H,13,15,17). The van der Waals surface area contributed by atoms with Crippen molar-refractivity contribution in [2.24, 2.45) is 5.41 Å². The third-order valence-corrected chi connectivity index (χ3v) is 6.33. The predicted molar refractivity (Wildman–Crippen MR) is 130 cm³/mol. The Hall–Kier alpha value is -3.20. The van der Waals surface area contributed by atoms with Gasteiger partial charge in [0.05, 0.1) is 5.56 Å². The van der Waals surface area contributed by atoms with Gasteiger partial charge in [0.25, 0.3) is 0 Å². The smallest absolute Gasteiger partial charge is 0.338 e. The van der Waals surface area contributed by atoms with Gasteiger partial charge in [0.2, 0.25) is 11.8 Å². The van der Waals surface area contributed by atoms with E-state index < -0.39 is 23.3 Å². The quantitative estimate of drug-likeness (QED) is 0.271. The lowest BCUT2D eigenvalue weighted by atomic mass is 9.74. The van der Waals surface area contributed by atoms with Gasteiger partial charge >= 0.3 is 12.0 Å². The van der Waals surface area contributed by atoms with E-state index in [1.807, 2.05) is 6.08 Å². The second-order valence-corrected chi connectivity index (χ2v) is 8.51. The second-order valence-electron chi connectivity index (χ2n) is 8.51. The molecule has 1 aliphatic carbocycles. The number of amides is 4. The van der Waals surface area contributed by atoms with E-state index in [0.717, 1.165) is 55.8 Å². The molecule has 186 valence electrons. The normalized spacial score (nSPS) is 20.3. The van der Waals surface area contributed by atoms with Crippen LogP contribution in [-0.4, -0.2) is 66.9 Å². The van der Waals surface area contributed by atoms with Gasteiger partial charge in [-0.15, -0.1) is 0 Å². The van der Waals surface area contributed by atoms with Gasteiger partial charge < -0.3 is 15.4 Å². The molecule has 1 aromatic rings. The van der Waals surface area contributed by atoms with Crippen LogP contribution in [0, 0.1) is 5.41 Å². The number of nitrogens with zero attached hydrogens (tertiary/aromatic N) is 2. The number of hydrogen-bond donors (Lipinski definition) is 2. The fourth-order valence-corrected chi connectivity index (χ4v) is 3.92. The van der Waals surface area contributed by atoms with Crippen molar-refractivity contribution in [2.75, 3.05) is 39.0 Å². The van der Waals surface area contributed by atoms with E-state index in [2.05, 4.69) is 24.1 Å². The maximum absolute atomic E-state index is 12.2. The number of imide groups is 2. The van der Waals surface area contributed by atoms with Crippen LogP contribution in [0.2, 0.25) is 0 Å². The number of nitrogens with two attached hydrogens (primary N) is 1. The molecule has 9 heteroatoms. The van der Waals surface area contributed by atoms with Gasteiger partial charge in [-0.3, -0.25) is 19.8 Å².